The maximum atomic E-state index is 12.4. The normalized spacial score (nSPS) is 17.1. The van der Waals surface area contributed by atoms with Gasteiger partial charge >= 0.3 is 0 Å². The van der Waals surface area contributed by atoms with Gasteiger partial charge in [-0.15, -0.1) is 0 Å². The Morgan fingerprint density at radius 2 is 1.75 bits per heavy atom. The molecule has 32 heavy (non-hydrogen) atoms. The monoisotopic (exact) mass is 437 g/mol. The first kappa shape index (κ1) is 22.0. The third-order valence-corrected chi connectivity index (χ3v) is 6.03. The molecule has 2 aliphatic rings. The molecule has 0 aromatic carbocycles. The molecule has 0 aliphatic carbocycles. The predicted molar refractivity (Wildman–Crippen MR) is 123 cm³/mol. The van der Waals surface area contributed by atoms with Gasteiger partial charge in [0.2, 0.25) is 0 Å². The number of hydrogen-bond acceptors (Lipinski definition) is 5. The minimum absolute atomic E-state index is 0.240. The van der Waals surface area contributed by atoms with Crippen LogP contribution in [0.25, 0.3) is 11.0 Å². The van der Waals surface area contributed by atoms with Gasteiger partial charge in [0.15, 0.2) is 11.4 Å². The molecule has 0 spiro atoms. The number of amides is 1. The van der Waals surface area contributed by atoms with Crippen LogP contribution in [0.15, 0.2) is 35.5 Å². The number of aryl methyl sites for hydroxylation is 3. The van der Waals surface area contributed by atoms with E-state index in [2.05, 4.69) is 33.3 Å². The van der Waals surface area contributed by atoms with Crippen molar-refractivity contribution < 1.29 is 9.90 Å². The molecule has 0 fully saturated rings. The fraction of sp³-hybridized carbons (Fsp3) is 0.500. The van der Waals surface area contributed by atoms with Gasteiger partial charge in [0.1, 0.15) is 5.65 Å². The van der Waals surface area contributed by atoms with Crippen molar-refractivity contribution in [2.75, 3.05) is 6.54 Å². The number of carbonyl (C=O) groups is 1. The third kappa shape index (κ3) is 5.36. The summed E-state index contributed by atoms with van der Waals surface area (Å²) in [5.74, 6) is -0.960. The Hall–Kier alpha value is -3.16. The first-order valence-corrected chi connectivity index (χ1v) is 11.6. The summed E-state index contributed by atoms with van der Waals surface area (Å²) >= 11 is 0. The molecule has 5 heterocycles. The molecule has 3 aromatic rings. The molecule has 3 aromatic heterocycles. The number of rotatable bonds is 0. The lowest BCUT2D eigenvalue weighted by Crippen LogP contribution is -2.32. The summed E-state index contributed by atoms with van der Waals surface area (Å²) in [6.07, 6.45) is 14.4. The Labute approximate surface area is 187 Å². The molecule has 0 atom stereocenters. The quantitative estimate of drug-likeness (QED) is 0.561. The van der Waals surface area contributed by atoms with Crippen LogP contribution in [0.1, 0.15) is 67.4 Å². The van der Waals surface area contributed by atoms with Gasteiger partial charge in [-0.05, 0) is 56.2 Å². The molecule has 0 radical (unpaired) electrons. The van der Waals surface area contributed by atoms with E-state index >= 15 is 0 Å². The molecule has 0 saturated carbocycles. The molecule has 0 unspecified atom stereocenters. The summed E-state index contributed by atoms with van der Waals surface area (Å²) in [5.41, 5.74) is 1.35. The van der Waals surface area contributed by atoms with Crippen LogP contribution in [-0.2, 0) is 19.5 Å². The van der Waals surface area contributed by atoms with E-state index in [0.29, 0.717) is 13.1 Å². The van der Waals surface area contributed by atoms with Gasteiger partial charge in [0.25, 0.3) is 11.3 Å². The number of aromatic nitrogens is 4. The number of fused-ring (bicyclic) bond motifs is 13. The van der Waals surface area contributed by atoms with E-state index in [-0.39, 0.29) is 5.69 Å². The van der Waals surface area contributed by atoms with Gasteiger partial charge in [-0.1, -0.05) is 19.3 Å². The number of nitrogens with zero attached hydrogens (tertiary/aromatic N) is 4. The number of carbonyl (C=O) groups excluding carboxylic acids is 1. The van der Waals surface area contributed by atoms with Crippen molar-refractivity contribution in [3.05, 3.63) is 52.2 Å². The van der Waals surface area contributed by atoms with Crippen LogP contribution in [-0.4, -0.2) is 36.9 Å². The van der Waals surface area contributed by atoms with Gasteiger partial charge in [0, 0.05) is 37.4 Å². The highest BCUT2D eigenvalue weighted by Crippen LogP contribution is 2.18. The van der Waals surface area contributed by atoms with Crippen molar-refractivity contribution in [1.82, 2.24) is 24.6 Å². The van der Waals surface area contributed by atoms with Gasteiger partial charge < -0.3 is 15.0 Å². The molecule has 8 heteroatoms. The highest BCUT2D eigenvalue weighted by atomic mass is 16.3. The Morgan fingerprint density at radius 3 is 2.66 bits per heavy atom. The summed E-state index contributed by atoms with van der Waals surface area (Å²) in [4.78, 5) is 29.3. The zero-order valence-electron chi connectivity index (χ0n) is 18.4. The van der Waals surface area contributed by atoms with E-state index in [1.807, 2.05) is 6.20 Å². The lowest BCUT2D eigenvalue weighted by Gasteiger charge is -2.10. The van der Waals surface area contributed by atoms with Crippen molar-refractivity contribution in [2.24, 2.45) is 0 Å². The van der Waals surface area contributed by atoms with E-state index < -0.39 is 17.1 Å². The summed E-state index contributed by atoms with van der Waals surface area (Å²) in [6.45, 7) is 1.90. The maximum Gasteiger partial charge on any atom is 0.275 e. The number of pyridine rings is 1. The number of hydrogen-bond donors (Lipinski definition) is 2. The average Bonchev–Trinajstić information content (AvgIpc) is 3.19. The standard InChI is InChI=1S/C24H31N5O3/c30-20-17-29-13-8-4-7-12-28-14-10-19-15-18(16-26-23(19)28)9-5-2-1-3-6-11-25-24(32)21(27-29)22(20)31/h10,14-17,30H,1-9,11-13H2,(H,25,32). The van der Waals surface area contributed by atoms with Gasteiger partial charge in [-0.25, -0.2) is 4.98 Å². The van der Waals surface area contributed by atoms with E-state index in [1.54, 1.807) is 0 Å². The molecule has 1 amide bonds. The summed E-state index contributed by atoms with van der Waals surface area (Å²) in [7, 11) is 0. The smallest absolute Gasteiger partial charge is 0.275 e. The van der Waals surface area contributed by atoms with Crippen molar-refractivity contribution in [3.8, 4) is 5.75 Å². The minimum Gasteiger partial charge on any atom is -0.503 e. The SMILES string of the molecule is O=C1NCCCCCCCc2cnc3c(ccn3CCCCCn3cc(O)c(=O)c1n3)c2. The minimum atomic E-state index is -0.719. The van der Waals surface area contributed by atoms with E-state index in [0.717, 1.165) is 70.0 Å². The third-order valence-electron chi connectivity index (χ3n) is 6.03. The van der Waals surface area contributed by atoms with Crippen LogP contribution in [0.2, 0.25) is 0 Å². The largest absolute Gasteiger partial charge is 0.503 e. The molecule has 2 N–H and O–H groups in total. The van der Waals surface area contributed by atoms with E-state index in [9.17, 15) is 14.7 Å². The van der Waals surface area contributed by atoms with E-state index in [1.165, 1.54) is 21.8 Å². The second-order valence-electron chi connectivity index (χ2n) is 8.56. The molecule has 8 nitrogen and oxygen atoms in total. The van der Waals surface area contributed by atoms with Crippen LogP contribution in [0.5, 0.6) is 5.75 Å². The Kier molecular flexibility index (Phi) is 7.19. The molecule has 6 bridgehead atoms. The van der Waals surface area contributed by atoms with Crippen molar-refractivity contribution in [3.63, 3.8) is 0 Å². The Morgan fingerprint density at radius 1 is 0.969 bits per heavy atom. The van der Waals surface area contributed by atoms with Crippen LogP contribution in [0, 0.1) is 0 Å². The molecular formula is C24H31N5O3. The van der Waals surface area contributed by atoms with Crippen LogP contribution < -0.4 is 10.7 Å². The lowest BCUT2D eigenvalue weighted by molar-refractivity contribution is 0.0943. The number of nitrogens with one attached hydrogen (secondary N) is 1. The summed E-state index contributed by atoms with van der Waals surface area (Å²) in [5, 5.41) is 18.1. The first-order chi connectivity index (χ1) is 15.6. The second kappa shape index (κ2) is 10.4. The van der Waals surface area contributed by atoms with Crippen LogP contribution in [0.3, 0.4) is 0 Å². The highest BCUT2D eigenvalue weighted by Gasteiger charge is 2.16. The predicted octanol–water partition coefficient (Wildman–Crippen LogP) is 3.41. The van der Waals surface area contributed by atoms with Crippen LogP contribution >= 0.6 is 0 Å². The molecule has 170 valence electrons. The van der Waals surface area contributed by atoms with Crippen LogP contribution in [0.4, 0.5) is 0 Å². The second-order valence-corrected chi connectivity index (χ2v) is 8.56. The Balaban J connectivity index is 1.47. The van der Waals surface area contributed by atoms with Gasteiger partial charge in [0.05, 0.1) is 6.20 Å². The summed E-state index contributed by atoms with van der Waals surface area (Å²) in [6, 6.07) is 4.40. The zero-order valence-corrected chi connectivity index (χ0v) is 18.4. The first-order valence-electron chi connectivity index (χ1n) is 11.6. The van der Waals surface area contributed by atoms with Crippen molar-refractivity contribution in [2.45, 2.75) is 70.9 Å². The topological polar surface area (TPSA) is 102 Å². The Bertz CT molecular complexity index is 1130. The van der Waals surface area contributed by atoms with Crippen molar-refractivity contribution in [1.29, 1.82) is 0 Å². The van der Waals surface area contributed by atoms with Gasteiger partial charge in [-0.2, -0.15) is 5.10 Å². The lowest BCUT2D eigenvalue weighted by atomic mass is 10.1. The average molecular weight is 438 g/mol. The molecule has 0 saturated heterocycles. The van der Waals surface area contributed by atoms with Gasteiger partial charge in [-0.3, -0.25) is 14.3 Å². The fourth-order valence-corrected chi connectivity index (χ4v) is 4.23. The number of aromatic hydroxyl groups is 1. The molecular weight excluding hydrogens is 406 g/mol. The van der Waals surface area contributed by atoms with E-state index in [4.69, 9.17) is 4.98 Å². The van der Waals surface area contributed by atoms with Crippen molar-refractivity contribution >= 4 is 16.9 Å². The summed E-state index contributed by atoms with van der Waals surface area (Å²) < 4.78 is 3.68. The highest BCUT2D eigenvalue weighted by molar-refractivity contribution is 5.92. The maximum absolute atomic E-state index is 12.4. The molecule has 5 rings (SSSR count). The zero-order chi connectivity index (χ0) is 22.3. The molecule has 2 aliphatic heterocycles. The fourth-order valence-electron chi connectivity index (χ4n) is 4.23.